The van der Waals surface area contributed by atoms with Gasteiger partial charge < -0.3 is 10.3 Å². The highest BCUT2D eigenvalue weighted by molar-refractivity contribution is 7.88. The molecule has 0 atom stereocenters. The first-order chi connectivity index (χ1) is 12.4. The molecule has 2 aromatic heterocycles. The van der Waals surface area contributed by atoms with Crippen LogP contribution in [0.1, 0.15) is 21.6 Å². The predicted molar refractivity (Wildman–Crippen MR) is 100 cm³/mol. The fourth-order valence-corrected chi connectivity index (χ4v) is 3.08. The van der Waals surface area contributed by atoms with Crippen molar-refractivity contribution in [3.8, 4) is 0 Å². The zero-order chi connectivity index (χ0) is 18.6. The number of rotatable bonds is 7. The van der Waals surface area contributed by atoms with Gasteiger partial charge in [-0.2, -0.15) is 0 Å². The number of hydrogen-bond acceptors (Lipinski definition) is 4. The molecule has 26 heavy (non-hydrogen) atoms. The molecule has 0 spiro atoms. The third-order valence-corrected chi connectivity index (χ3v) is 4.62. The normalized spacial score (nSPS) is 11.6. The molecule has 8 heteroatoms. The number of amides is 1. The number of para-hydroxylation sites is 1. The SMILES string of the molecule is CS(=O)(=O)NCc1cc(C(=O)NCCc2c[nH]c3ccccc23)ccn1. The lowest BCUT2D eigenvalue weighted by atomic mass is 10.1. The van der Waals surface area contributed by atoms with Crippen molar-refractivity contribution in [2.24, 2.45) is 0 Å². The van der Waals surface area contributed by atoms with Gasteiger partial charge in [-0.1, -0.05) is 18.2 Å². The fraction of sp³-hybridized carbons (Fsp3) is 0.222. The number of fused-ring (bicyclic) bond motifs is 1. The molecule has 0 saturated heterocycles. The molecule has 0 unspecified atom stereocenters. The number of nitrogens with one attached hydrogen (secondary N) is 3. The Labute approximate surface area is 151 Å². The van der Waals surface area contributed by atoms with Gasteiger partial charge in [-0.05, 0) is 30.2 Å². The van der Waals surface area contributed by atoms with Crippen LogP contribution in [0.2, 0.25) is 0 Å². The largest absolute Gasteiger partial charge is 0.361 e. The highest BCUT2D eigenvalue weighted by Gasteiger charge is 2.09. The summed E-state index contributed by atoms with van der Waals surface area (Å²) in [7, 11) is -3.31. The van der Waals surface area contributed by atoms with E-state index in [9.17, 15) is 13.2 Å². The minimum absolute atomic E-state index is 0.0509. The van der Waals surface area contributed by atoms with Gasteiger partial charge in [0.15, 0.2) is 0 Å². The Bertz CT molecular complexity index is 1030. The summed E-state index contributed by atoms with van der Waals surface area (Å²) in [5.74, 6) is -0.215. The molecule has 0 aliphatic heterocycles. The van der Waals surface area contributed by atoms with Crippen molar-refractivity contribution in [1.82, 2.24) is 20.0 Å². The summed E-state index contributed by atoms with van der Waals surface area (Å²) in [6.45, 7) is 0.551. The zero-order valence-electron chi connectivity index (χ0n) is 14.3. The molecular weight excluding hydrogens is 352 g/mol. The molecule has 136 valence electrons. The number of aromatic nitrogens is 2. The fourth-order valence-electron chi connectivity index (χ4n) is 2.67. The second-order valence-electron chi connectivity index (χ2n) is 5.99. The number of aromatic amines is 1. The molecule has 3 aromatic rings. The number of pyridine rings is 1. The van der Waals surface area contributed by atoms with E-state index in [0.717, 1.165) is 22.7 Å². The number of sulfonamides is 1. The third-order valence-electron chi connectivity index (χ3n) is 3.95. The Morgan fingerprint density at radius 1 is 1.23 bits per heavy atom. The summed E-state index contributed by atoms with van der Waals surface area (Å²) in [6.07, 6.45) is 5.24. The number of benzene rings is 1. The monoisotopic (exact) mass is 372 g/mol. The number of H-pyrrole nitrogens is 1. The van der Waals surface area contributed by atoms with Crippen LogP contribution in [0, 0.1) is 0 Å². The van der Waals surface area contributed by atoms with Gasteiger partial charge in [-0.15, -0.1) is 0 Å². The minimum atomic E-state index is -3.31. The van der Waals surface area contributed by atoms with Gasteiger partial charge in [0, 0.05) is 35.4 Å². The van der Waals surface area contributed by atoms with E-state index >= 15 is 0 Å². The topological polar surface area (TPSA) is 104 Å². The van der Waals surface area contributed by atoms with Gasteiger partial charge >= 0.3 is 0 Å². The van der Waals surface area contributed by atoms with Crippen LogP contribution in [0.3, 0.4) is 0 Å². The Balaban J connectivity index is 1.58. The highest BCUT2D eigenvalue weighted by atomic mass is 32.2. The van der Waals surface area contributed by atoms with E-state index < -0.39 is 10.0 Å². The molecule has 2 heterocycles. The number of nitrogens with zero attached hydrogens (tertiary/aromatic N) is 1. The van der Waals surface area contributed by atoms with Crippen molar-refractivity contribution in [3.05, 3.63) is 65.6 Å². The Kier molecular flexibility index (Phi) is 5.34. The number of carbonyl (C=O) groups excluding carboxylic acids is 1. The molecular formula is C18H20N4O3S. The van der Waals surface area contributed by atoms with E-state index in [-0.39, 0.29) is 12.5 Å². The van der Waals surface area contributed by atoms with Crippen LogP contribution in [-0.4, -0.2) is 37.1 Å². The van der Waals surface area contributed by atoms with Gasteiger partial charge in [0.25, 0.3) is 5.91 Å². The van der Waals surface area contributed by atoms with Crippen LogP contribution in [-0.2, 0) is 23.0 Å². The third kappa shape index (κ3) is 4.68. The smallest absolute Gasteiger partial charge is 0.251 e. The molecule has 0 radical (unpaired) electrons. The van der Waals surface area contributed by atoms with Crippen molar-refractivity contribution in [1.29, 1.82) is 0 Å². The van der Waals surface area contributed by atoms with Gasteiger partial charge in [0.1, 0.15) is 0 Å². The second kappa shape index (κ2) is 7.67. The van der Waals surface area contributed by atoms with E-state index in [1.807, 2.05) is 30.5 Å². The Morgan fingerprint density at radius 3 is 2.85 bits per heavy atom. The second-order valence-corrected chi connectivity index (χ2v) is 7.83. The summed E-state index contributed by atoms with van der Waals surface area (Å²) in [5.41, 5.74) is 3.16. The van der Waals surface area contributed by atoms with Crippen LogP contribution < -0.4 is 10.0 Å². The van der Waals surface area contributed by atoms with E-state index in [1.165, 1.54) is 6.20 Å². The Morgan fingerprint density at radius 2 is 2.04 bits per heavy atom. The summed E-state index contributed by atoms with van der Waals surface area (Å²) < 4.78 is 24.7. The summed E-state index contributed by atoms with van der Waals surface area (Å²) in [6, 6.07) is 11.2. The van der Waals surface area contributed by atoms with Gasteiger partial charge in [0.05, 0.1) is 18.5 Å². The minimum Gasteiger partial charge on any atom is -0.361 e. The lowest BCUT2D eigenvalue weighted by molar-refractivity contribution is 0.0954. The molecule has 0 aliphatic carbocycles. The summed E-state index contributed by atoms with van der Waals surface area (Å²) >= 11 is 0. The Hall–Kier alpha value is -2.71. The first-order valence-corrected chi connectivity index (χ1v) is 10.0. The summed E-state index contributed by atoms with van der Waals surface area (Å²) in [5, 5.41) is 4.03. The van der Waals surface area contributed by atoms with Gasteiger partial charge in [0.2, 0.25) is 10.0 Å². The van der Waals surface area contributed by atoms with Crippen LogP contribution in [0.4, 0.5) is 0 Å². The molecule has 1 amide bonds. The van der Waals surface area contributed by atoms with Gasteiger partial charge in [-0.3, -0.25) is 9.78 Å². The molecule has 0 fully saturated rings. The van der Waals surface area contributed by atoms with E-state index in [2.05, 4.69) is 20.0 Å². The van der Waals surface area contributed by atoms with Crippen molar-refractivity contribution < 1.29 is 13.2 Å². The van der Waals surface area contributed by atoms with Crippen molar-refractivity contribution in [2.45, 2.75) is 13.0 Å². The van der Waals surface area contributed by atoms with Crippen molar-refractivity contribution in [2.75, 3.05) is 12.8 Å². The molecule has 0 aliphatic rings. The number of carbonyl (C=O) groups is 1. The van der Waals surface area contributed by atoms with Crippen molar-refractivity contribution >= 4 is 26.8 Å². The molecule has 0 bridgehead atoms. The van der Waals surface area contributed by atoms with E-state index in [1.54, 1.807) is 12.1 Å². The van der Waals surface area contributed by atoms with Crippen LogP contribution in [0.25, 0.3) is 10.9 Å². The standard InChI is InChI=1S/C18H20N4O3S/c1-26(24,25)22-12-15-10-13(6-8-19-15)18(23)20-9-7-14-11-21-17-5-3-2-4-16(14)17/h2-6,8,10-11,21-22H,7,9,12H2,1H3,(H,20,23). The summed E-state index contributed by atoms with van der Waals surface area (Å²) in [4.78, 5) is 19.6. The average molecular weight is 372 g/mol. The lowest BCUT2D eigenvalue weighted by Gasteiger charge is -2.07. The molecule has 3 N–H and O–H groups in total. The van der Waals surface area contributed by atoms with Crippen molar-refractivity contribution in [3.63, 3.8) is 0 Å². The van der Waals surface area contributed by atoms with Crippen LogP contribution in [0.15, 0.2) is 48.8 Å². The molecule has 3 rings (SSSR count). The maximum Gasteiger partial charge on any atom is 0.251 e. The van der Waals surface area contributed by atoms with E-state index in [4.69, 9.17) is 0 Å². The van der Waals surface area contributed by atoms with E-state index in [0.29, 0.717) is 24.2 Å². The zero-order valence-corrected chi connectivity index (χ0v) is 15.1. The molecule has 7 nitrogen and oxygen atoms in total. The molecule has 1 aromatic carbocycles. The first kappa shape index (κ1) is 18.1. The quantitative estimate of drug-likeness (QED) is 0.586. The maximum absolute atomic E-state index is 12.3. The predicted octanol–water partition coefficient (Wildman–Crippen LogP) is 1.58. The molecule has 0 saturated carbocycles. The number of hydrogen-bond donors (Lipinski definition) is 3. The van der Waals surface area contributed by atoms with Gasteiger partial charge in [-0.25, -0.2) is 13.1 Å². The van der Waals surface area contributed by atoms with Crippen LogP contribution >= 0.6 is 0 Å². The average Bonchev–Trinajstić information content (AvgIpc) is 3.03. The first-order valence-electron chi connectivity index (χ1n) is 8.15. The maximum atomic E-state index is 12.3. The van der Waals surface area contributed by atoms with Crippen LogP contribution in [0.5, 0.6) is 0 Å². The lowest BCUT2D eigenvalue weighted by Crippen LogP contribution is -2.26. The highest BCUT2D eigenvalue weighted by Crippen LogP contribution is 2.17.